The lowest BCUT2D eigenvalue weighted by atomic mass is 9.77. The van der Waals surface area contributed by atoms with Crippen LogP contribution in [0.1, 0.15) is 102 Å². The van der Waals surface area contributed by atoms with Gasteiger partial charge in [0, 0.05) is 42.5 Å². The summed E-state index contributed by atoms with van der Waals surface area (Å²) < 4.78 is 34.8. The summed E-state index contributed by atoms with van der Waals surface area (Å²) >= 11 is 0. The van der Waals surface area contributed by atoms with Crippen molar-refractivity contribution in [2.45, 2.75) is 103 Å². The summed E-state index contributed by atoms with van der Waals surface area (Å²) in [7, 11) is -1.57. The molecule has 0 aliphatic heterocycles. The molecule has 1 heterocycles. The largest absolute Gasteiger partial charge is 0.496 e. The fourth-order valence-corrected chi connectivity index (χ4v) is 8.07. The number of amides is 1. The van der Waals surface area contributed by atoms with Gasteiger partial charge in [0.25, 0.3) is 0 Å². The Morgan fingerprint density at radius 2 is 1.66 bits per heavy atom. The molecule has 0 bridgehead atoms. The average molecular weight is 663 g/mol. The minimum absolute atomic E-state index is 0.0566. The second-order valence-corrected chi connectivity index (χ2v) is 16.7. The maximum absolute atomic E-state index is 14.4. The molecule has 5 rings (SSSR count). The van der Waals surface area contributed by atoms with Crippen molar-refractivity contribution in [3.05, 3.63) is 66.0 Å². The molecule has 2 fully saturated rings. The Balaban J connectivity index is 1.30. The second-order valence-electron chi connectivity index (χ2n) is 14.4. The number of aromatic nitrogens is 2. The van der Waals surface area contributed by atoms with Crippen LogP contribution < -0.4 is 14.4 Å². The minimum Gasteiger partial charge on any atom is -0.496 e. The summed E-state index contributed by atoms with van der Waals surface area (Å²) in [6.07, 6.45) is 11.7. The van der Waals surface area contributed by atoms with E-state index in [9.17, 15) is 13.2 Å². The van der Waals surface area contributed by atoms with Gasteiger partial charge in [-0.25, -0.2) is 13.1 Å². The van der Waals surface area contributed by atoms with Crippen molar-refractivity contribution >= 4 is 21.6 Å². The first kappa shape index (κ1) is 35.1. The lowest BCUT2D eigenvalue weighted by Gasteiger charge is -2.36. The van der Waals surface area contributed by atoms with Crippen LogP contribution >= 0.6 is 0 Å². The van der Waals surface area contributed by atoms with Crippen molar-refractivity contribution in [1.82, 2.24) is 14.5 Å². The number of carbonyl (C=O) groups is 1. The van der Waals surface area contributed by atoms with Crippen LogP contribution in [-0.4, -0.2) is 49.6 Å². The second kappa shape index (κ2) is 15.4. The highest BCUT2D eigenvalue weighted by Gasteiger charge is 2.33. The summed E-state index contributed by atoms with van der Waals surface area (Å²) in [5.41, 5.74) is 5.62. The number of methoxy groups -OCH3 is 1. The molecule has 0 radical (unpaired) electrons. The number of hydrogen-bond donors (Lipinski definition) is 1. The molecule has 0 spiro atoms. The molecule has 1 N–H and O–H groups in total. The monoisotopic (exact) mass is 662 g/mol. The average Bonchev–Trinajstić information content (AvgIpc) is 3.58. The van der Waals surface area contributed by atoms with Gasteiger partial charge in [0.05, 0.1) is 18.6 Å². The van der Waals surface area contributed by atoms with Gasteiger partial charge >= 0.3 is 0 Å². The van der Waals surface area contributed by atoms with Gasteiger partial charge in [0.15, 0.2) is 0 Å². The molecule has 0 saturated heterocycles. The van der Waals surface area contributed by atoms with E-state index in [4.69, 9.17) is 4.74 Å². The Kier molecular flexibility index (Phi) is 11.5. The highest BCUT2D eigenvalue weighted by molar-refractivity contribution is 7.90. The third-order valence-corrected chi connectivity index (χ3v) is 12.3. The number of anilines is 1. The van der Waals surface area contributed by atoms with Crippen LogP contribution in [0.25, 0.3) is 11.1 Å². The molecule has 3 aromatic rings. The van der Waals surface area contributed by atoms with Crippen LogP contribution in [-0.2, 0) is 14.8 Å². The van der Waals surface area contributed by atoms with Gasteiger partial charge in [0.1, 0.15) is 5.75 Å². The van der Waals surface area contributed by atoms with E-state index >= 15 is 0 Å². The quantitative estimate of drug-likeness (QED) is 0.213. The zero-order valence-corrected chi connectivity index (χ0v) is 29.9. The van der Waals surface area contributed by atoms with Crippen molar-refractivity contribution in [2.24, 2.45) is 17.8 Å². The Morgan fingerprint density at radius 3 is 2.28 bits per heavy atom. The molecule has 2 aliphatic carbocycles. The maximum Gasteiger partial charge on any atom is 0.230 e. The molecule has 0 atom stereocenters. The molecule has 2 saturated carbocycles. The zero-order chi connectivity index (χ0) is 33.7. The van der Waals surface area contributed by atoms with Crippen molar-refractivity contribution in [2.75, 3.05) is 25.1 Å². The summed E-state index contributed by atoms with van der Waals surface area (Å²) in [6, 6.07) is 15.2. The number of rotatable bonds is 12. The van der Waals surface area contributed by atoms with Gasteiger partial charge in [0.2, 0.25) is 15.9 Å². The van der Waals surface area contributed by atoms with Gasteiger partial charge in [-0.05, 0) is 139 Å². The number of sulfonamides is 1. The van der Waals surface area contributed by atoms with Crippen molar-refractivity contribution in [3.8, 4) is 16.9 Å². The topological polar surface area (TPSA) is 93.5 Å². The minimum atomic E-state index is -3.29. The number of hydrogen-bond acceptors (Lipinski definition) is 5. The number of aryl methyl sites for hydroxylation is 1. The van der Waals surface area contributed by atoms with Crippen molar-refractivity contribution in [3.63, 3.8) is 0 Å². The third-order valence-electron chi connectivity index (χ3n) is 10.5. The lowest BCUT2D eigenvalue weighted by molar-refractivity contribution is -0.123. The summed E-state index contributed by atoms with van der Waals surface area (Å²) in [6.45, 7) is 10.9. The van der Waals surface area contributed by atoms with E-state index in [0.29, 0.717) is 18.4 Å². The van der Waals surface area contributed by atoms with E-state index in [-0.39, 0.29) is 23.8 Å². The Morgan fingerprint density at radius 1 is 0.957 bits per heavy atom. The predicted molar refractivity (Wildman–Crippen MR) is 190 cm³/mol. The number of benzene rings is 2. The van der Waals surface area contributed by atoms with Gasteiger partial charge in [-0.1, -0.05) is 24.3 Å². The highest BCUT2D eigenvalue weighted by atomic mass is 32.2. The third kappa shape index (κ3) is 8.65. The van der Waals surface area contributed by atoms with Crippen LogP contribution in [0.3, 0.4) is 0 Å². The summed E-state index contributed by atoms with van der Waals surface area (Å²) in [5, 5.41) is 4.10. The first-order valence-electron chi connectivity index (χ1n) is 17.5. The molecular weight excluding hydrogens is 609 g/mol. The number of nitrogens with zero attached hydrogens (tertiary/aromatic N) is 3. The fraction of sp³-hybridized carbons (Fsp3) is 0.579. The van der Waals surface area contributed by atoms with E-state index in [1.54, 1.807) is 21.0 Å². The van der Waals surface area contributed by atoms with Crippen molar-refractivity contribution in [1.29, 1.82) is 0 Å². The van der Waals surface area contributed by atoms with Gasteiger partial charge in [-0.15, -0.1) is 0 Å². The van der Waals surface area contributed by atoms with Crippen LogP contribution in [0.15, 0.2) is 54.9 Å². The molecule has 256 valence electrons. The predicted octanol–water partition coefficient (Wildman–Crippen LogP) is 7.89. The molecule has 1 amide bonds. The standard InChI is InChI=1S/C38H54N4O4S/c1-26(2)42-25-35(23-39-42)33-8-7-9-36(21-33)41(38(43)32-16-10-29(11-17-32)22-40-47(44,45)27(3)4)24-30-12-14-31(15-13-30)34-18-19-37(46-6)28(5)20-34/h7-9,18-21,23,25-27,29-32,40H,10-17,22,24H2,1-6H3/t29-,30-,31-,32-. The van der Waals surface area contributed by atoms with E-state index < -0.39 is 15.3 Å². The Bertz CT molecular complexity index is 1600. The first-order chi connectivity index (χ1) is 22.4. The first-order valence-corrected chi connectivity index (χ1v) is 19.1. The Labute approximate surface area is 282 Å². The molecule has 2 aromatic carbocycles. The highest BCUT2D eigenvalue weighted by Crippen LogP contribution is 2.39. The smallest absolute Gasteiger partial charge is 0.230 e. The molecule has 0 unspecified atom stereocenters. The number of nitrogens with one attached hydrogen (secondary N) is 1. The van der Waals surface area contributed by atoms with E-state index in [1.165, 1.54) is 11.1 Å². The van der Waals surface area contributed by atoms with Crippen molar-refractivity contribution < 1.29 is 17.9 Å². The molecule has 8 nitrogen and oxygen atoms in total. The fourth-order valence-electron chi connectivity index (χ4n) is 7.27. The maximum atomic E-state index is 14.4. The van der Waals surface area contributed by atoms with Gasteiger partial charge < -0.3 is 9.64 Å². The van der Waals surface area contributed by atoms with E-state index in [0.717, 1.165) is 80.5 Å². The van der Waals surface area contributed by atoms with Gasteiger partial charge in [-0.3, -0.25) is 9.48 Å². The SMILES string of the molecule is COc1ccc([C@H]2CC[C@H](CN(c3cccc(-c4cnn(C(C)C)c4)c3)C(=O)[C@H]3CC[C@H](CNS(=O)(=O)C(C)C)CC3)CC2)cc1C. The zero-order valence-electron chi connectivity index (χ0n) is 29.1. The van der Waals surface area contributed by atoms with E-state index in [2.05, 4.69) is 84.2 Å². The molecule has 9 heteroatoms. The lowest BCUT2D eigenvalue weighted by Crippen LogP contribution is -2.42. The van der Waals surface area contributed by atoms with Gasteiger partial charge in [-0.2, -0.15) is 5.10 Å². The van der Waals surface area contributed by atoms with Crippen LogP contribution in [0.2, 0.25) is 0 Å². The van der Waals surface area contributed by atoms with E-state index in [1.807, 2.05) is 10.9 Å². The van der Waals surface area contributed by atoms with Crippen LogP contribution in [0.4, 0.5) is 5.69 Å². The summed E-state index contributed by atoms with van der Waals surface area (Å²) in [4.78, 5) is 16.5. The summed E-state index contributed by atoms with van der Waals surface area (Å²) in [5.74, 6) is 2.31. The van der Waals surface area contributed by atoms with Crippen LogP contribution in [0.5, 0.6) is 5.75 Å². The molecule has 2 aliphatic rings. The normalized spacial score (nSPS) is 22.0. The number of carbonyl (C=O) groups excluding carboxylic acids is 1. The molecule has 47 heavy (non-hydrogen) atoms. The number of ether oxygens (including phenoxy) is 1. The molecular formula is C38H54N4O4S. The Hall–Kier alpha value is -3.17. The van der Waals surface area contributed by atoms with Crippen LogP contribution in [0, 0.1) is 24.7 Å². The molecule has 1 aromatic heterocycles.